The number of methoxy groups -OCH3 is 1. The molecule has 0 saturated heterocycles. The van der Waals surface area contributed by atoms with Crippen LogP contribution >= 0.6 is 0 Å². The average molecular weight is 358 g/mol. The Kier molecular flexibility index (Phi) is 4.65. The Hall–Kier alpha value is -2.74. The highest BCUT2D eigenvalue weighted by Gasteiger charge is 2.23. The molecule has 0 aliphatic heterocycles. The van der Waals surface area contributed by atoms with Gasteiger partial charge in [0.25, 0.3) is 0 Å². The number of fused-ring (bicyclic) bond motifs is 6. The molecule has 4 aromatic rings. The molecule has 4 rings (SSSR count). The van der Waals surface area contributed by atoms with E-state index in [2.05, 4.69) is 69.3 Å². The second-order valence-corrected chi connectivity index (χ2v) is 6.80. The topological polar surface area (TPSA) is 18.5 Å². The highest BCUT2D eigenvalue weighted by molar-refractivity contribution is 6.28. The molecule has 0 N–H and O–H groups in total. The maximum Gasteiger partial charge on any atom is 0.131 e. The van der Waals surface area contributed by atoms with Crippen LogP contribution in [0.25, 0.3) is 32.3 Å². The summed E-state index contributed by atoms with van der Waals surface area (Å²) in [5.74, 6) is 2.02. The zero-order valence-corrected chi connectivity index (χ0v) is 16.6. The largest absolute Gasteiger partial charge is 0.496 e. The minimum Gasteiger partial charge on any atom is -0.496 e. The second-order valence-electron chi connectivity index (χ2n) is 6.80. The van der Waals surface area contributed by atoms with Gasteiger partial charge in [-0.05, 0) is 41.3 Å². The number of rotatable bonds is 5. The monoisotopic (exact) mass is 358 g/mol. The third kappa shape index (κ3) is 2.55. The van der Waals surface area contributed by atoms with Crippen LogP contribution in [-0.2, 0) is 12.8 Å². The Bertz CT molecular complexity index is 1140. The molecule has 0 aliphatic rings. The van der Waals surface area contributed by atoms with Gasteiger partial charge in [-0.15, -0.1) is 0 Å². The maximum atomic E-state index is 6.28. The van der Waals surface area contributed by atoms with Gasteiger partial charge >= 0.3 is 0 Å². The van der Waals surface area contributed by atoms with Crippen molar-refractivity contribution in [1.29, 1.82) is 0 Å². The molecule has 0 atom stereocenters. The van der Waals surface area contributed by atoms with Crippen LogP contribution in [0.5, 0.6) is 11.5 Å². The van der Waals surface area contributed by atoms with Crippen LogP contribution in [0.2, 0.25) is 0 Å². The van der Waals surface area contributed by atoms with Crippen molar-refractivity contribution in [3.05, 3.63) is 59.7 Å². The van der Waals surface area contributed by atoms with Crippen molar-refractivity contribution in [1.82, 2.24) is 0 Å². The van der Waals surface area contributed by atoms with Gasteiger partial charge in [0.2, 0.25) is 0 Å². The first-order valence-electron chi connectivity index (χ1n) is 9.84. The third-order valence-corrected chi connectivity index (χ3v) is 5.50. The Morgan fingerprint density at radius 1 is 0.630 bits per heavy atom. The molecule has 0 aromatic heterocycles. The molecule has 138 valence electrons. The van der Waals surface area contributed by atoms with Gasteiger partial charge in [0.15, 0.2) is 0 Å². The van der Waals surface area contributed by atoms with E-state index < -0.39 is 0 Å². The molecule has 0 amide bonds. The van der Waals surface area contributed by atoms with Crippen LogP contribution in [0, 0.1) is 0 Å². The lowest BCUT2D eigenvalue weighted by molar-refractivity contribution is 0.339. The lowest BCUT2D eigenvalue weighted by Crippen LogP contribution is -2.05. The fourth-order valence-corrected chi connectivity index (χ4v) is 4.47. The minimum atomic E-state index is 0.652. The molecule has 2 nitrogen and oxygen atoms in total. The number of benzene rings is 4. The Balaban J connectivity index is 2.41. The molecule has 0 heterocycles. The lowest BCUT2D eigenvalue weighted by Gasteiger charge is -2.23. The number of hydrogen-bond donors (Lipinski definition) is 0. The molecule has 0 spiro atoms. The van der Waals surface area contributed by atoms with Crippen LogP contribution in [0.15, 0.2) is 48.5 Å². The molecule has 27 heavy (non-hydrogen) atoms. The van der Waals surface area contributed by atoms with Gasteiger partial charge in [-0.2, -0.15) is 0 Å². The zero-order valence-electron chi connectivity index (χ0n) is 16.6. The third-order valence-electron chi connectivity index (χ3n) is 5.50. The summed E-state index contributed by atoms with van der Waals surface area (Å²) in [5, 5.41) is 7.32. The first-order valence-corrected chi connectivity index (χ1v) is 9.84. The smallest absolute Gasteiger partial charge is 0.131 e. The first kappa shape index (κ1) is 17.7. The molecule has 0 unspecified atom stereocenters. The molecule has 0 fully saturated rings. The molecule has 0 bridgehead atoms. The van der Waals surface area contributed by atoms with E-state index in [1.807, 2.05) is 0 Å². The highest BCUT2D eigenvalue weighted by Crippen LogP contribution is 2.48. The maximum absolute atomic E-state index is 6.28. The summed E-state index contributed by atoms with van der Waals surface area (Å²) in [7, 11) is 1.79. The normalized spacial score (nSPS) is 11.4. The van der Waals surface area contributed by atoms with Gasteiger partial charge in [-0.25, -0.2) is 0 Å². The predicted octanol–water partition coefficient (Wildman–Crippen LogP) is 6.68. The van der Waals surface area contributed by atoms with Gasteiger partial charge in [0.1, 0.15) is 11.5 Å². The van der Waals surface area contributed by atoms with Gasteiger partial charge < -0.3 is 9.47 Å². The van der Waals surface area contributed by atoms with Gasteiger partial charge in [-0.3, -0.25) is 0 Å². The van der Waals surface area contributed by atoms with Crippen LogP contribution in [-0.4, -0.2) is 13.7 Å². The molecule has 4 aromatic carbocycles. The van der Waals surface area contributed by atoms with Crippen molar-refractivity contribution >= 4 is 32.3 Å². The van der Waals surface area contributed by atoms with E-state index >= 15 is 0 Å². The van der Waals surface area contributed by atoms with Crippen molar-refractivity contribution in [2.45, 2.75) is 33.6 Å². The van der Waals surface area contributed by atoms with Crippen LogP contribution in [0.1, 0.15) is 31.9 Å². The fourth-order valence-electron chi connectivity index (χ4n) is 4.47. The SMILES string of the molecule is CCOc1c(CC)c(CC)c(OC)c2c3ccccc3c3ccccc3c12. The fraction of sp³-hybridized carbons (Fsp3) is 0.280. The molecular weight excluding hydrogens is 332 g/mol. The van der Waals surface area contributed by atoms with Crippen molar-refractivity contribution in [3.63, 3.8) is 0 Å². The molecule has 0 aliphatic carbocycles. The summed E-state index contributed by atoms with van der Waals surface area (Å²) in [5.41, 5.74) is 2.53. The lowest BCUT2D eigenvalue weighted by atomic mass is 9.88. The summed E-state index contributed by atoms with van der Waals surface area (Å²) in [6, 6.07) is 17.3. The van der Waals surface area contributed by atoms with E-state index in [0.29, 0.717) is 6.61 Å². The first-order chi connectivity index (χ1) is 13.3. The summed E-state index contributed by atoms with van der Waals surface area (Å²) >= 11 is 0. The Labute approximate surface area is 160 Å². The van der Waals surface area contributed by atoms with Crippen molar-refractivity contribution < 1.29 is 9.47 Å². The van der Waals surface area contributed by atoms with E-state index in [-0.39, 0.29) is 0 Å². The highest BCUT2D eigenvalue weighted by atomic mass is 16.5. The summed E-state index contributed by atoms with van der Waals surface area (Å²) in [6.07, 6.45) is 1.84. The molecular formula is C25H26O2. The van der Waals surface area contributed by atoms with Crippen LogP contribution in [0.4, 0.5) is 0 Å². The quantitative estimate of drug-likeness (QED) is 0.371. The predicted molar refractivity (Wildman–Crippen MR) is 115 cm³/mol. The zero-order chi connectivity index (χ0) is 19.0. The number of hydrogen-bond acceptors (Lipinski definition) is 2. The minimum absolute atomic E-state index is 0.652. The summed E-state index contributed by atoms with van der Waals surface area (Å²) in [6.45, 7) is 7.11. The standard InChI is InChI=1S/C25H26O2/c1-5-16-17(6-2)25(27-7-3)23-21-15-11-9-13-19(21)18-12-8-10-14-20(18)22(23)24(16)26-4/h8-15H,5-7H2,1-4H3. The van der Waals surface area contributed by atoms with Gasteiger partial charge in [-0.1, -0.05) is 62.4 Å². The van der Waals surface area contributed by atoms with Crippen molar-refractivity contribution in [2.24, 2.45) is 0 Å². The van der Waals surface area contributed by atoms with E-state index in [4.69, 9.17) is 9.47 Å². The number of ether oxygens (including phenoxy) is 2. The van der Waals surface area contributed by atoms with E-state index in [0.717, 1.165) is 24.3 Å². The average Bonchev–Trinajstić information content (AvgIpc) is 2.73. The van der Waals surface area contributed by atoms with Crippen molar-refractivity contribution in [2.75, 3.05) is 13.7 Å². The van der Waals surface area contributed by atoms with Gasteiger partial charge in [0.05, 0.1) is 13.7 Å². The summed E-state index contributed by atoms with van der Waals surface area (Å²) < 4.78 is 12.3. The molecule has 0 saturated carbocycles. The van der Waals surface area contributed by atoms with E-state index in [1.165, 1.54) is 43.4 Å². The van der Waals surface area contributed by atoms with Gasteiger partial charge in [0, 0.05) is 21.9 Å². The summed E-state index contributed by atoms with van der Waals surface area (Å²) in [4.78, 5) is 0. The second kappa shape index (κ2) is 7.11. The van der Waals surface area contributed by atoms with Crippen molar-refractivity contribution in [3.8, 4) is 11.5 Å². The Morgan fingerprint density at radius 3 is 1.52 bits per heavy atom. The Morgan fingerprint density at radius 2 is 1.07 bits per heavy atom. The van der Waals surface area contributed by atoms with Crippen LogP contribution in [0.3, 0.4) is 0 Å². The van der Waals surface area contributed by atoms with Crippen LogP contribution < -0.4 is 9.47 Å². The van der Waals surface area contributed by atoms with E-state index in [9.17, 15) is 0 Å². The molecule has 2 heteroatoms. The molecule has 0 radical (unpaired) electrons. The van der Waals surface area contributed by atoms with E-state index in [1.54, 1.807) is 7.11 Å².